The van der Waals surface area contributed by atoms with Gasteiger partial charge in [0.2, 0.25) is 5.91 Å². The third kappa shape index (κ3) is 2.28. The number of aliphatic carboxylic acids is 1. The van der Waals surface area contributed by atoms with Crippen molar-refractivity contribution >= 4 is 11.9 Å². The first-order valence-corrected chi connectivity index (χ1v) is 5.14. The summed E-state index contributed by atoms with van der Waals surface area (Å²) in [5, 5.41) is 9.08. The number of carboxylic acids is 1. The van der Waals surface area contributed by atoms with Crippen molar-refractivity contribution < 1.29 is 19.4 Å². The van der Waals surface area contributed by atoms with Crippen LogP contribution in [0.4, 0.5) is 0 Å². The lowest BCUT2D eigenvalue weighted by Crippen LogP contribution is -2.51. The number of carbonyl (C=O) groups excluding carboxylic acids is 1. The summed E-state index contributed by atoms with van der Waals surface area (Å²) in [4.78, 5) is 24.1. The Hall–Kier alpha value is -1.10. The highest BCUT2D eigenvalue weighted by Gasteiger charge is 2.45. The summed E-state index contributed by atoms with van der Waals surface area (Å²) in [6.07, 6.45) is 1.25. The van der Waals surface area contributed by atoms with Gasteiger partial charge in [-0.15, -0.1) is 0 Å². The van der Waals surface area contributed by atoms with Crippen LogP contribution < -0.4 is 0 Å². The topological polar surface area (TPSA) is 66.8 Å². The Kier molecular flexibility index (Phi) is 3.68. The molecule has 1 N–H and O–H groups in total. The van der Waals surface area contributed by atoms with E-state index in [-0.39, 0.29) is 12.5 Å². The number of likely N-dealkylation sites (tertiary alicyclic amines) is 1. The Balaban J connectivity index is 2.68. The molecule has 1 aliphatic rings. The van der Waals surface area contributed by atoms with Crippen LogP contribution in [0.15, 0.2) is 0 Å². The fourth-order valence-corrected chi connectivity index (χ4v) is 1.85. The average molecular weight is 215 g/mol. The quantitative estimate of drug-likeness (QED) is 0.741. The van der Waals surface area contributed by atoms with Crippen molar-refractivity contribution in [3.8, 4) is 0 Å². The fraction of sp³-hybridized carbons (Fsp3) is 0.800. The highest BCUT2D eigenvalue weighted by atomic mass is 16.5. The second-order valence-corrected chi connectivity index (χ2v) is 3.87. The molecule has 5 nitrogen and oxygen atoms in total. The second kappa shape index (κ2) is 4.61. The number of ether oxygens (including phenoxy) is 1. The normalized spacial score (nSPS) is 25.6. The average Bonchev–Trinajstić information content (AvgIpc) is 2.58. The largest absolute Gasteiger partial charge is 0.480 e. The van der Waals surface area contributed by atoms with Crippen LogP contribution in [-0.2, 0) is 14.3 Å². The minimum atomic E-state index is -1.05. The van der Waals surface area contributed by atoms with E-state index in [1.54, 1.807) is 13.8 Å². The molecule has 0 aromatic heterocycles. The molecule has 0 aromatic rings. The van der Waals surface area contributed by atoms with Gasteiger partial charge in [-0.3, -0.25) is 4.79 Å². The number of amides is 1. The predicted molar refractivity (Wildman–Crippen MR) is 53.5 cm³/mol. The monoisotopic (exact) mass is 215 g/mol. The zero-order chi connectivity index (χ0) is 11.5. The summed E-state index contributed by atoms with van der Waals surface area (Å²) in [5.74, 6) is -1.18. The van der Waals surface area contributed by atoms with Crippen molar-refractivity contribution in [3.05, 3.63) is 0 Å². The predicted octanol–water partition coefficient (Wildman–Crippen LogP) is 0.489. The van der Waals surface area contributed by atoms with Crippen LogP contribution in [0.25, 0.3) is 0 Å². The molecule has 1 rings (SSSR count). The van der Waals surface area contributed by atoms with Crippen LogP contribution in [-0.4, -0.2) is 47.2 Å². The maximum absolute atomic E-state index is 11.7. The van der Waals surface area contributed by atoms with E-state index in [4.69, 9.17) is 9.84 Å². The summed E-state index contributed by atoms with van der Waals surface area (Å²) >= 11 is 0. The Morgan fingerprint density at radius 1 is 1.53 bits per heavy atom. The van der Waals surface area contributed by atoms with Gasteiger partial charge in [0, 0.05) is 13.2 Å². The summed E-state index contributed by atoms with van der Waals surface area (Å²) in [6, 6.07) is 0. The molecule has 0 aromatic carbocycles. The van der Waals surface area contributed by atoms with Gasteiger partial charge in [-0.05, 0) is 26.7 Å². The smallest absolute Gasteiger partial charge is 0.329 e. The molecule has 1 unspecified atom stereocenters. The van der Waals surface area contributed by atoms with Crippen LogP contribution in [0, 0.1) is 0 Å². The molecular formula is C10H17NO4. The van der Waals surface area contributed by atoms with Crippen molar-refractivity contribution in [2.75, 3.05) is 19.8 Å². The van der Waals surface area contributed by atoms with E-state index in [1.807, 2.05) is 0 Å². The fourth-order valence-electron chi connectivity index (χ4n) is 1.85. The molecule has 0 saturated carbocycles. The van der Waals surface area contributed by atoms with E-state index in [2.05, 4.69) is 0 Å². The van der Waals surface area contributed by atoms with E-state index in [9.17, 15) is 9.59 Å². The number of carbonyl (C=O) groups is 2. The summed E-state index contributed by atoms with van der Waals surface area (Å²) in [5.41, 5.74) is -1.05. The third-order valence-corrected chi connectivity index (χ3v) is 2.83. The van der Waals surface area contributed by atoms with E-state index < -0.39 is 11.5 Å². The van der Waals surface area contributed by atoms with Crippen LogP contribution in [0.1, 0.15) is 26.7 Å². The van der Waals surface area contributed by atoms with Crippen LogP contribution in [0.5, 0.6) is 0 Å². The summed E-state index contributed by atoms with van der Waals surface area (Å²) in [7, 11) is 0. The van der Waals surface area contributed by atoms with Gasteiger partial charge in [-0.2, -0.15) is 0 Å². The number of carboxylic acid groups (broad SMARTS) is 1. The molecule has 0 aliphatic carbocycles. The van der Waals surface area contributed by atoms with Crippen LogP contribution >= 0.6 is 0 Å². The summed E-state index contributed by atoms with van der Waals surface area (Å²) in [6.45, 7) is 4.33. The van der Waals surface area contributed by atoms with Crippen molar-refractivity contribution in [1.82, 2.24) is 4.90 Å². The van der Waals surface area contributed by atoms with Crippen LogP contribution in [0.2, 0.25) is 0 Å². The molecule has 86 valence electrons. The number of rotatable bonds is 4. The lowest BCUT2D eigenvalue weighted by molar-refractivity contribution is -0.157. The standard InChI is InChI=1S/C10H17NO4/c1-3-15-7-8(12)11-6-4-5-10(11,2)9(13)14/h3-7H2,1-2H3,(H,13,14). The molecule has 0 radical (unpaired) electrons. The summed E-state index contributed by atoms with van der Waals surface area (Å²) < 4.78 is 5.00. The van der Waals surface area contributed by atoms with Gasteiger partial charge in [-0.25, -0.2) is 4.79 Å². The molecule has 15 heavy (non-hydrogen) atoms. The third-order valence-electron chi connectivity index (χ3n) is 2.83. The van der Waals surface area contributed by atoms with Gasteiger partial charge in [0.05, 0.1) is 0 Å². The molecule has 1 saturated heterocycles. The minimum Gasteiger partial charge on any atom is -0.480 e. The molecule has 5 heteroatoms. The number of hydrogen-bond donors (Lipinski definition) is 1. The second-order valence-electron chi connectivity index (χ2n) is 3.87. The van der Waals surface area contributed by atoms with Crippen molar-refractivity contribution in [2.24, 2.45) is 0 Å². The SMILES string of the molecule is CCOCC(=O)N1CCCC1(C)C(=O)O. The molecule has 1 fully saturated rings. The minimum absolute atomic E-state index is 0.0284. The van der Waals surface area contributed by atoms with E-state index in [1.165, 1.54) is 4.90 Å². The van der Waals surface area contributed by atoms with Gasteiger partial charge < -0.3 is 14.7 Å². The highest BCUT2D eigenvalue weighted by Crippen LogP contribution is 2.29. The lowest BCUT2D eigenvalue weighted by atomic mass is 9.99. The number of nitrogens with zero attached hydrogens (tertiary/aromatic N) is 1. The molecule has 1 heterocycles. The van der Waals surface area contributed by atoms with E-state index >= 15 is 0 Å². The van der Waals surface area contributed by atoms with Gasteiger partial charge in [0.25, 0.3) is 0 Å². The molecule has 1 aliphatic heterocycles. The molecular weight excluding hydrogens is 198 g/mol. The molecule has 0 spiro atoms. The Morgan fingerprint density at radius 3 is 2.73 bits per heavy atom. The van der Waals surface area contributed by atoms with Gasteiger partial charge >= 0.3 is 5.97 Å². The molecule has 1 atom stereocenters. The lowest BCUT2D eigenvalue weighted by Gasteiger charge is -2.31. The van der Waals surface area contributed by atoms with Gasteiger partial charge in [0.1, 0.15) is 12.1 Å². The first kappa shape index (κ1) is 12.0. The Bertz CT molecular complexity index is 266. The Morgan fingerprint density at radius 2 is 2.20 bits per heavy atom. The van der Waals surface area contributed by atoms with Gasteiger partial charge in [0.15, 0.2) is 0 Å². The van der Waals surface area contributed by atoms with Crippen molar-refractivity contribution in [3.63, 3.8) is 0 Å². The first-order chi connectivity index (χ1) is 7.02. The van der Waals surface area contributed by atoms with Gasteiger partial charge in [-0.1, -0.05) is 0 Å². The van der Waals surface area contributed by atoms with Crippen molar-refractivity contribution in [2.45, 2.75) is 32.2 Å². The van der Waals surface area contributed by atoms with Crippen molar-refractivity contribution in [1.29, 1.82) is 0 Å². The zero-order valence-corrected chi connectivity index (χ0v) is 9.15. The van der Waals surface area contributed by atoms with E-state index in [0.717, 1.165) is 6.42 Å². The number of hydrogen-bond acceptors (Lipinski definition) is 3. The highest BCUT2D eigenvalue weighted by molar-refractivity contribution is 5.87. The molecule has 1 amide bonds. The van der Waals surface area contributed by atoms with Crippen LogP contribution in [0.3, 0.4) is 0 Å². The molecule has 0 bridgehead atoms. The Labute approximate surface area is 89.0 Å². The maximum Gasteiger partial charge on any atom is 0.329 e. The zero-order valence-electron chi connectivity index (χ0n) is 9.15. The first-order valence-electron chi connectivity index (χ1n) is 5.14. The van der Waals surface area contributed by atoms with E-state index in [0.29, 0.717) is 19.6 Å². The maximum atomic E-state index is 11.7.